The van der Waals surface area contributed by atoms with Crippen LogP contribution in [0.5, 0.6) is 0 Å². The first-order chi connectivity index (χ1) is 39.0. The van der Waals surface area contributed by atoms with Crippen LogP contribution in [0.25, 0.3) is 0 Å². The van der Waals surface area contributed by atoms with Gasteiger partial charge in [0, 0.05) is 12.8 Å². The van der Waals surface area contributed by atoms with Gasteiger partial charge in [-0.1, -0.05) is 264 Å². The molecule has 2 unspecified atom stereocenters. The summed E-state index contributed by atoms with van der Waals surface area (Å²) in [5, 5.41) is 0. The van der Waals surface area contributed by atoms with Crippen molar-refractivity contribution in [3.63, 3.8) is 0 Å². The Morgan fingerprint density at radius 1 is 0.400 bits per heavy atom. The van der Waals surface area contributed by atoms with E-state index in [0.717, 1.165) is 96.3 Å². The number of rotatable bonds is 59. The van der Waals surface area contributed by atoms with E-state index in [1.54, 1.807) is 0 Å². The minimum absolute atomic E-state index is 0.0250. The fourth-order valence-electron chi connectivity index (χ4n) is 8.79. The molecule has 0 fully saturated rings. The average Bonchev–Trinajstić information content (AvgIpc) is 3.42. The lowest BCUT2D eigenvalue weighted by atomic mass is 10.0. The SMILES string of the molecule is CC/C=C\C/C=C\C/C=C\C/C=C\C/C=C\C/C=C\CCCCCCCCCCC(=O)OC(COC(=O)CCCCCCCCCCCCCCCC/C=C\C/C=C\C/C=C\CCCCCCC)COP(=O)(O)OCC[N+](C)(C)C. The van der Waals surface area contributed by atoms with Gasteiger partial charge in [-0.25, -0.2) is 4.57 Å². The second kappa shape index (κ2) is 60.3. The zero-order chi connectivity index (χ0) is 58.4. The molecule has 0 aromatic heterocycles. The van der Waals surface area contributed by atoms with E-state index in [2.05, 4.69) is 123 Å². The van der Waals surface area contributed by atoms with E-state index in [4.69, 9.17) is 18.5 Å². The first kappa shape index (κ1) is 76.7. The van der Waals surface area contributed by atoms with Crippen molar-refractivity contribution < 1.29 is 42.1 Å². The highest BCUT2D eigenvalue weighted by Crippen LogP contribution is 2.43. The molecule has 2 atom stereocenters. The van der Waals surface area contributed by atoms with Gasteiger partial charge in [-0.05, 0) is 103 Å². The number of ether oxygens (including phenoxy) is 2. The van der Waals surface area contributed by atoms with E-state index in [1.807, 2.05) is 21.1 Å². The summed E-state index contributed by atoms with van der Waals surface area (Å²) in [4.78, 5) is 35.8. The van der Waals surface area contributed by atoms with Crippen LogP contribution in [0.15, 0.2) is 109 Å². The predicted molar refractivity (Wildman–Crippen MR) is 344 cm³/mol. The zero-order valence-electron chi connectivity index (χ0n) is 52.3. The summed E-state index contributed by atoms with van der Waals surface area (Å²) in [5.41, 5.74) is 0. The standard InChI is InChI=1S/C70H122NO8P/c1-6-8-10-12-14-16-18-20-22-24-26-28-30-32-34-35-37-38-40-42-44-46-48-50-52-54-56-58-60-62-69(72)76-66-68(67-78-80(74,75)77-65-64-71(3,4)5)79-70(73)63-61-59-57-55-53-51-49-47-45-43-41-39-36-33-31-29-27-25-23-21-19-17-15-13-11-9-7-2/h9,11,15,17-18,20-21,23-24,26-27,29-30,32-33,36,41,43,68H,6-8,10,12-14,16,19,22,25,28,31,34-35,37-40,42,44-67H2,1-5H3/p+1/b11-9-,17-15-,20-18-,23-21-,26-24-,29-27-,32-30-,36-33-,43-41-. The van der Waals surface area contributed by atoms with Crippen molar-refractivity contribution in [2.24, 2.45) is 0 Å². The summed E-state index contributed by atoms with van der Waals surface area (Å²) < 4.78 is 34.7. The van der Waals surface area contributed by atoms with Gasteiger partial charge in [0.15, 0.2) is 6.10 Å². The molecule has 0 aliphatic carbocycles. The fourth-order valence-corrected chi connectivity index (χ4v) is 9.53. The van der Waals surface area contributed by atoms with Crippen LogP contribution in [0.4, 0.5) is 0 Å². The Kier molecular flexibility index (Phi) is 57.8. The van der Waals surface area contributed by atoms with Crippen molar-refractivity contribution in [1.82, 2.24) is 0 Å². The van der Waals surface area contributed by atoms with Gasteiger partial charge in [-0.2, -0.15) is 0 Å². The Morgan fingerprint density at radius 3 is 1.06 bits per heavy atom. The molecule has 0 bridgehead atoms. The van der Waals surface area contributed by atoms with Crippen LogP contribution >= 0.6 is 7.82 Å². The first-order valence-corrected chi connectivity index (χ1v) is 34.1. The molecule has 9 nitrogen and oxygen atoms in total. The Hall–Kier alpha value is -3.33. The monoisotopic (exact) mass is 1140 g/mol. The van der Waals surface area contributed by atoms with Crippen LogP contribution < -0.4 is 0 Å². The fraction of sp³-hybridized carbons (Fsp3) is 0.714. The van der Waals surface area contributed by atoms with E-state index in [0.29, 0.717) is 17.4 Å². The van der Waals surface area contributed by atoms with Gasteiger partial charge in [-0.15, -0.1) is 0 Å². The van der Waals surface area contributed by atoms with Gasteiger partial charge < -0.3 is 18.9 Å². The average molecular weight is 1140 g/mol. The third-order valence-electron chi connectivity index (χ3n) is 13.8. The highest BCUT2D eigenvalue weighted by atomic mass is 31.2. The lowest BCUT2D eigenvalue weighted by Crippen LogP contribution is -2.37. The Morgan fingerprint density at radius 2 is 0.713 bits per heavy atom. The van der Waals surface area contributed by atoms with Crippen LogP contribution in [0.1, 0.15) is 271 Å². The quantitative estimate of drug-likeness (QED) is 0.0211. The number of allylic oxidation sites excluding steroid dienone is 18. The van der Waals surface area contributed by atoms with Crippen molar-refractivity contribution in [2.75, 3.05) is 47.5 Å². The van der Waals surface area contributed by atoms with Crippen molar-refractivity contribution in [2.45, 2.75) is 277 Å². The molecule has 0 rings (SSSR count). The zero-order valence-corrected chi connectivity index (χ0v) is 53.2. The number of likely N-dealkylation sites (N-methyl/N-ethyl adjacent to an activating group) is 1. The Balaban J connectivity index is 4.14. The summed E-state index contributed by atoms with van der Waals surface area (Å²) >= 11 is 0. The van der Waals surface area contributed by atoms with Gasteiger partial charge in [-0.3, -0.25) is 18.6 Å². The normalized spacial score (nSPS) is 13.9. The Labute approximate surface area is 493 Å². The van der Waals surface area contributed by atoms with Crippen molar-refractivity contribution in [1.29, 1.82) is 0 Å². The third-order valence-corrected chi connectivity index (χ3v) is 14.8. The summed E-state index contributed by atoms with van der Waals surface area (Å²) in [6.07, 6.45) is 84.5. The molecular weight excluding hydrogens is 1010 g/mol. The molecule has 0 saturated carbocycles. The van der Waals surface area contributed by atoms with Crippen LogP contribution in [0.2, 0.25) is 0 Å². The number of phosphoric ester groups is 1. The van der Waals surface area contributed by atoms with Crippen molar-refractivity contribution in [3.8, 4) is 0 Å². The highest BCUT2D eigenvalue weighted by Gasteiger charge is 2.27. The molecule has 0 aromatic carbocycles. The van der Waals surface area contributed by atoms with Crippen molar-refractivity contribution in [3.05, 3.63) is 109 Å². The molecule has 80 heavy (non-hydrogen) atoms. The molecule has 0 aliphatic heterocycles. The summed E-state index contributed by atoms with van der Waals surface area (Å²) in [6, 6.07) is 0. The minimum Gasteiger partial charge on any atom is -0.462 e. The molecule has 1 N–H and O–H groups in total. The second-order valence-corrected chi connectivity index (χ2v) is 24.2. The van der Waals surface area contributed by atoms with E-state index in [1.165, 1.54) is 141 Å². The van der Waals surface area contributed by atoms with E-state index in [-0.39, 0.29) is 32.0 Å². The van der Waals surface area contributed by atoms with Gasteiger partial charge in [0.1, 0.15) is 19.8 Å². The first-order valence-electron chi connectivity index (χ1n) is 32.6. The number of unbranched alkanes of at least 4 members (excludes halogenated alkanes) is 27. The number of quaternary nitrogens is 1. The highest BCUT2D eigenvalue weighted by molar-refractivity contribution is 7.47. The van der Waals surface area contributed by atoms with Gasteiger partial charge in [0.05, 0.1) is 27.7 Å². The van der Waals surface area contributed by atoms with E-state index < -0.39 is 26.5 Å². The number of esters is 2. The number of phosphoric acid groups is 1. The smallest absolute Gasteiger partial charge is 0.462 e. The number of carbonyl (C=O) groups excluding carboxylic acids is 2. The number of hydrogen-bond donors (Lipinski definition) is 1. The maximum Gasteiger partial charge on any atom is 0.472 e. The van der Waals surface area contributed by atoms with Crippen LogP contribution in [0, 0.1) is 0 Å². The lowest BCUT2D eigenvalue weighted by Gasteiger charge is -2.24. The third kappa shape index (κ3) is 63.8. The molecule has 0 heterocycles. The topological polar surface area (TPSA) is 108 Å². The summed E-state index contributed by atoms with van der Waals surface area (Å²) in [7, 11) is 1.46. The van der Waals surface area contributed by atoms with Gasteiger partial charge in [0.25, 0.3) is 0 Å². The molecule has 0 aliphatic rings. The van der Waals surface area contributed by atoms with E-state index >= 15 is 0 Å². The molecule has 0 aromatic rings. The Bertz CT molecular complexity index is 1720. The largest absolute Gasteiger partial charge is 0.472 e. The molecule has 10 heteroatoms. The van der Waals surface area contributed by atoms with Crippen molar-refractivity contribution >= 4 is 19.8 Å². The van der Waals surface area contributed by atoms with Gasteiger partial charge in [0.2, 0.25) is 0 Å². The molecular formula is C70H123NO8P+. The lowest BCUT2D eigenvalue weighted by molar-refractivity contribution is -0.870. The van der Waals surface area contributed by atoms with E-state index in [9.17, 15) is 19.0 Å². The summed E-state index contributed by atoms with van der Waals surface area (Å²) in [5.74, 6) is -0.808. The van der Waals surface area contributed by atoms with Crippen LogP contribution in [-0.2, 0) is 32.7 Å². The van der Waals surface area contributed by atoms with Gasteiger partial charge >= 0.3 is 19.8 Å². The minimum atomic E-state index is -4.40. The number of carbonyl (C=O) groups is 2. The molecule has 0 radical (unpaired) electrons. The predicted octanol–water partition coefficient (Wildman–Crippen LogP) is 20.9. The maximum absolute atomic E-state index is 12.9. The second-order valence-electron chi connectivity index (χ2n) is 22.8. The number of hydrogen-bond acceptors (Lipinski definition) is 7. The molecule has 0 amide bonds. The van der Waals surface area contributed by atoms with Crippen LogP contribution in [-0.4, -0.2) is 74.9 Å². The molecule has 460 valence electrons. The molecule has 0 saturated heterocycles. The summed E-state index contributed by atoms with van der Waals surface area (Å²) in [6.45, 7) is 4.31. The maximum atomic E-state index is 12.9. The van der Waals surface area contributed by atoms with Crippen LogP contribution in [0.3, 0.4) is 0 Å². The molecule has 0 spiro atoms. The number of nitrogens with zero attached hydrogens (tertiary/aromatic N) is 1.